The van der Waals surface area contributed by atoms with Gasteiger partial charge in [0.25, 0.3) is 0 Å². The fraction of sp³-hybridized carbons (Fsp3) is 0.864. The maximum absolute atomic E-state index is 11.0. The topological polar surface area (TPSA) is 46.0 Å². The summed E-state index contributed by atoms with van der Waals surface area (Å²) in [6, 6.07) is 0. The van der Waals surface area contributed by atoms with E-state index in [2.05, 4.69) is 18.8 Å². The van der Waals surface area contributed by atoms with Gasteiger partial charge in [-0.05, 0) is 12.3 Å². The monoisotopic (exact) mass is 351 g/mol. The van der Waals surface area contributed by atoms with E-state index in [4.69, 9.17) is 4.42 Å². The zero-order valence-electron chi connectivity index (χ0n) is 16.8. The highest BCUT2D eigenvalue weighted by molar-refractivity contribution is 4.98. The van der Waals surface area contributed by atoms with Crippen molar-refractivity contribution in [3.8, 4) is 0 Å². The van der Waals surface area contributed by atoms with Crippen molar-refractivity contribution in [1.29, 1.82) is 0 Å². The number of rotatable bonds is 17. The van der Waals surface area contributed by atoms with Gasteiger partial charge >= 0.3 is 5.76 Å². The van der Waals surface area contributed by atoms with E-state index >= 15 is 0 Å². The molecule has 1 unspecified atom stereocenters. The summed E-state index contributed by atoms with van der Waals surface area (Å²) in [6.45, 7) is 4.44. The van der Waals surface area contributed by atoms with Crippen molar-refractivity contribution >= 4 is 0 Å². The highest BCUT2D eigenvalue weighted by Crippen LogP contribution is 2.20. The summed E-state index contributed by atoms with van der Waals surface area (Å²) in [5.41, 5.74) is 0.940. The van der Waals surface area contributed by atoms with E-state index in [0.717, 1.165) is 12.1 Å². The largest absolute Gasteiger partial charge is 0.416 e. The molecule has 25 heavy (non-hydrogen) atoms. The fourth-order valence-corrected chi connectivity index (χ4v) is 3.51. The lowest BCUT2D eigenvalue weighted by molar-refractivity contribution is 0.510. The molecule has 0 bridgehead atoms. The molecule has 0 aliphatic heterocycles. The Kier molecular flexibility index (Phi) is 13.5. The van der Waals surface area contributed by atoms with Crippen LogP contribution in [0.4, 0.5) is 0 Å². The van der Waals surface area contributed by atoms with Crippen molar-refractivity contribution in [2.24, 2.45) is 0 Å². The highest BCUT2D eigenvalue weighted by Gasteiger charge is 2.08. The molecule has 0 fully saturated rings. The van der Waals surface area contributed by atoms with Gasteiger partial charge in [0, 0.05) is 0 Å². The molecule has 0 saturated carbocycles. The first-order valence-electron chi connectivity index (χ1n) is 10.9. The molecule has 0 aliphatic carbocycles. The van der Waals surface area contributed by atoms with Crippen LogP contribution < -0.4 is 5.76 Å². The molecule has 0 amide bonds. The van der Waals surface area contributed by atoms with Crippen molar-refractivity contribution in [3.63, 3.8) is 0 Å². The maximum atomic E-state index is 11.0. The summed E-state index contributed by atoms with van der Waals surface area (Å²) in [5, 5.41) is 0. The first-order chi connectivity index (χ1) is 12.2. The van der Waals surface area contributed by atoms with Gasteiger partial charge in [0.15, 0.2) is 0 Å². The summed E-state index contributed by atoms with van der Waals surface area (Å²) in [5.74, 6) is 0.0618. The number of aromatic amines is 1. The molecule has 1 aromatic heterocycles. The van der Waals surface area contributed by atoms with Crippen molar-refractivity contribution in [1.82, 2.24) is 4.98 Å². The highest BCUT2D eigenvalue weighted by atomic mass is 16.4. The molecule has 0 aliphatic rings. The summed E-state index contributed by atoms with van der Waals surface area (Å²) in [7, 11) is 0. The molecule has 0 radical (unpaired) electrons. The normalized spacial score (nSPS) is 12.6. The van der Waals surface area contributed by atoms with Crippen molar-refractivity contribution in [3.05, 3.63) is 22.5 Å². The average Bonchev–Trinajstić information content (AvgIpc) is 3.04. The molecule has 1 rings (SSSR count). The van der Waals surface area contributed by atoms with Crippen LogP contribution in [0.25, 0.3) is 0 Å². The van der Waals surface area contributed by atoms with Crippen LogP contribution in [0, 0.1) is 0 Å². The van der Waals surface area contributed by atoms with Crippen molar-refractivity contribution in [2.45, 2.75) is 122 Å². The van der Waals surface area contributed by atoms with Crippen molar-refractivity contribution < 1.29 is 4.42 Å². The fourth-order valence-electron chi connectivity index (χ4n) is 3.51. The number of hydrogen-bond donors (Lipinski definition) is 1. The van der Waals surface area contributed by atoms with E-state index in [1.165, 1.54) is 96.3 Å². The Bertz CT molecular complexity index is 449. The van der Waals surface area contributed by atoms with E-state index in [9.17, 15) is 4.79 Å². The van der Waals surface area contributed by atoms with E-state index < -0.39 is 0 Å². The first-order valence-corrected chi connectivity index (χ1v) is 10.9. The second-order valence-corrected chi connectivity index (χ2v) is 7.74. The van der Waals surface area contributed by atoms with Gasteiger partial charge in [0.05, 0.1) is 5.69 Å². The lowest BCUT2D eigenvalue weighted by atomic mass is 9.99. The second kappa shape index (κ2) is 15.3. The van der Waals surface area contributed by atoms with Gasteiger partial charge in [0.2, 0.25) is 0 Å². The molecule has 0 aromatic carbocycles. The average molecular weight is 352 g/mol. The van der Waals surface area contributed by atoms with Crippen LogP contribution in [-0.4, -0.2) is 4.98 Å². The Hall–Kier alpha value is -0.990. The zero-order valence-corrected chi connectivity index (χ0v) is 16.8. The molecule has 1 N–H and O–H groups in total. The third-order valence-electron chi connectivity index (χ3n) is 5.31. The minimum absolute atomic E-state index is 0.335. The number of nitrogens with one attached hydrogen (secondary N) is 1. The minimum Gasteiger partial charge on any atom is -0.416 e. The molecule has 0 saturated heterocycles. The van der Waals surface area contributed by atoms with Gasteiger partial charge in [-0.25, -0.2) is 4.79 Å². The lowest BCUT2D eigenvalue weighted by Gasteiger charge is -2.08. The van der Waals surface area contributed by atoms with E-state index in [1.54, 1.807) is 6.26 Å². The number of unbranched alkanes of at least 4 members (excludes halogenated alkanes) is 14. The predicted molar refractivity (Wildman–Crippen MR) is 107 cm³/mol. The minimum atomic E-state index is -0.335. The molecule has 146 valence electrons. The van der Waals surface area contributed by atoms with Crippen LogP contribution in [0.1, 0.15) is 128 Å². The Morgan fingerprint density at radius 1 is 0.800 bits per heavy atom. The standard InChI is InChI=1S/C22H41NO2/c1-3-4-5-6-7-8-9-10-11-12-13-14-15-16-17-18-20(2)21-19-25-22(24)23-21/h19-20H,3-18H2,1-2H3,(H,23,24). The van der Waals surface area contributed by atoms with Crippen molar-refractivity contribution in [2.75, 3.05) is 0 Å². The maximum Gasteiger partial charge on any atom is 0.416 e. The summed E-state index contributed by atoms with van der Waals surface area (Å²) in [6.07, 6.45) is 23.7. The zero-order chi connectivity index (χ0) is 18.2. The summed E-state index contributed by atoms with van der Waals surface area (Å²) < 4.78 is 4.80. The van der Waals surface area contributed by atoms with Crippen LogP contribution in [0.2, 0.25) is 0 Å². The van der Waals surface area contributed by atoms with Crippen LogP contribution in [0.5, 0.6) is 0 Å². The van der Waals surface area contributed by atoms with Gasteiger partial charge in [-0.15, -0.1) is 0 Å². The Labute approximate surface area is 155 Å². The molecule has 1 atom stereocenters. The quantitative estimate of drug-likeness (QED) is 0.298. The van der Waals surface area contributed by atoms with Gasteiger partial charge in [-0.1, -0.05) is 110 Å². The number of oxazole rings is 1. The SMILES string of the molecule is CCCCCCCCCCCCCCCCCC(C)c1coc(=O)[nH]1. The van der Waals surface area contributed by atoms with Gasteiger partial charge in [-0.3, -0.25) is 4.98 Å². The molecule has 3 heteroatoms. The molecular formula is C22H41NO2. The number of H-pyrrole nitrogens is 1. The van der Waals surface area contributed by atoms with Gasteiger partial charge in [0.1, 0.15) is 6.26 Å². The van der Waals surface area contributed by atoms with Gasteiger partial charge < -0.3 is 4.42 Å². The third kappa shape index (κ3) is 12.1. The summed E-state index contributed by atoms with van der Waals surface area (Å²) in [4.78, 5) is 13.7. The van der Waals surface area contributed by atoms with Crippen LogP contribution in [0.15, 0.2) is 15.5 Å². The first kappa shape index (κ1) is 22.1. The Balaban J connectivity index is 1.78. The van der Waals surface area contributed by atoms with Crippen LogP contribution in [-0.2, 0) is 0 Å². The van der Waals surface area contributed by atoms with Gasteiger partial charge in [-0.2, -0.15) is 0 Å². The van der Waals surface area contributed by atoms with E-state index in [1.807, 2.05) is 0 Å². The molecule has 0 spiro atoms. The Morgan fingerprint density at radius 2 is 1.24 bits per heavy atom. The second-order valence-electron chi connectivity index (χ2n) is 7.74. The number of aromatic nitrogens is 1. The summed E-state index contributed by atoms with van der Waals surface area (Å²) >= 11 is 0. The molecular weight excluding hydrogens is 310 g/mol. The predicted octanol–water partition coefficient (Wildman–Crippen LogP) is 7.33. The van der Waals surface area contributed by atoms with E-state index in [-0.39, 0.29) is 5.76 Å². The smallest absolute Gasteiger partial charge is 0.416 e. The third-order valence-corrected chi connectivity index (χ3v) is 5.31. The lowest BCUT2D eigenvalue weighted by Crippen LogP contribution is -2.00. The van der Waals surface area contributed by atoms with Crippen LogP contribution >= 0.6 is 0 Å². The molecule has 3 nitrogen and oxygen atoms in total. The van der Waals surface area contributed by atoms with Crippen LogP contribution in [0.3, 0.4) is 0 Å². The molecule has 1 aromatic rings. The van der Waals surface area contributed by atoms with E-state index in [0.29, 0.717) is 5.92 Å². The Morgan fingerprint density at radius 3 is 1.64 bits per heavy atom. The number of hydrogen-bond acceptors (Lipinski definition) is 2. The molecule has 1 heterocycles.